The summed E-state index contributed by atoms with van der Waals surface area (Å²) in [5, 5.41) is 9.97. The van der Waals surface area contributed by atoms with E-state index >= 15 is 0 Å². The lowest BCUT2D eigenvalue weighted by molar-refractivity contribution is 0.102. The largest absolute Gasteiger partial charge is 0.321 e. The number of rotatable bonds is 2. The highest BCUT2D eigenvalue weighted by Gasteiger charge is 2.13. The van der Waals surface area contributed by atoms with Gasteiger partial charge >= 0.3 is 0 Å². The molecule has 0 radical (unpaired) electrons. The molecule has 0 atom stereocenters. The van der Waals surface area contributed by atoms with Gasteiger partial charge in [-0.2, -0.15) is 5.10 Å². The van der Waals surface area contributed by atoms with Gasteiger partial charge in [0.15, 0.2) is 5.69 Å². The van der Waals surface area contributed by atoms with Gasteiger partial charge in [-0.15, -0.1) is 0 Å². The highest BCUT2D eigenvalue weighted by atomic mass is 127. The SMILES string of the molecule is O=C(Nc1ccc(I)cc1)c1n[nH]c(=O)c2ccccc12. The summed E-state index contributed by atoms with van der Waals surface area (Å²) in [6.45, 7) is 0. The number of carbonyl (C=O) groups is 1. The zero-order chi connectivity index (χ0) is 14.8. The molecule has 0 saturated heterocycles. The van der Waals surface area contributed by atoms with E-state index < -0.39 is 0 Å². The van der Waals surface area contributed by atoms with Gasteiger partial charge in [0.25, 0.3) is 11.5 Å². The normalized spacial score (nSPS) is 10.5. The van der Waals surface area contributed by atoms with Crippen LogP contribution in [0.25, 0.3) is 10.8 Å². The van der Waals surface area contributed by atoms with E-state index in [-0.39, 0.29) is 17.2 Å². The zero-order valence-corrected chi connectivity index (χ0v) is 12.9. The molecule has 6 heteroatoms. The van der Waals surface area contributed by atoms with Gasteiger partial charge < -0.3 is 5.32 Å². The Morgan fingerprint density at radius 1 is 1.05 bits per heavy atom. The predicted molar refractivity (Wildman–Crippen MR) is 89.5 cm³/mol. The van der Waals surface area contributed by atoms with Gasteiger partial charge in [0.05, 0.1) is 5.39 Å². The molecule has 0 fully saturated rings. The lowest BCUT2D eigenvalue weighted by atomic mass is 10.1. The first-order chi connectivity index (χ1) is 10.1. The summed E-state index contributed by atoms with van der Waals surface area (Å²) < 4.78 is 1.08. The Kier molecular flexibility index (Phi) is 3.70. The Bertz CT molecular complexity index is 872. The molecule has 1 aromatic heterocycles. The van der Waals surface area contributed by atoms with E-state index in [0.717, 1.165) is 3.57 Å². The molecule has 3 rings (SSSR count). The number of carbonyl (C=O) groups excluding carboxylic acids is 1. The molecule has 0 aliphatic heterocycles. The van der Waals surface area contributed by atoms with Crippen molar-refractivity contribution in [2.75, 3.05) is 5.32 Å². The van der Waals surface area contributed by atoms with Crippen LogP contribution in [0, 0.1) is 3.57 Å². The third kappa shape index (κ3) is 2.80. The third-order valence-corrected chi connectivity index (χ3v) is 3.73. The van der Waals surface area contributed by atoms with Crippen molar-refractivity contribution in [2.24, 2.45) is 0 Å². The fraction of sp³-hybridized carbons (Fsp3) is 0. The molecule has 21 heavy (non-hydrogen) atoms. The number of aromatic amines is 1. The molecule has 2 aromatic carbocycles. The highest BCUT2D eigenvalue weighted by molar-refractivity contribution is 14.1. The van der Waals surface area contributed by atoms with Gasteiger partial charge in [0.1, 0.15) is 0 Å². The Morgan fingerprint density at radius 3 is 2.43 bits per heavy atom. The summed E-state index contributed by atoms with van der Waals surface area (Å²) in [4.78, 5) is 24.0. The lowest BCUT2D eigenvalue weighted by Gasteiger charge is -2.06. The first-order valence-corrected chi connectivity index (χ1v) is 7.27. The van der Waals surface area contributed by atoms with E-state index in [4.69, 9.17) is 0 Å². The van der Waals surface area contributed by atoms with Gasteiger partial charge in [-0.05, 0) is 52.9 Å². The van der Waals surface area contributed by atoms with Crippen LogP contribution in [-0.2, 0) is 0 Å². The summed E-state index contributed by atoms with van der Waals surface area (Å²) in [6, 6.07) is 14.3. The minimum atomic E-state index is -0.358. The van der Waals surface area contributed by atoms with E-state index in [9.17, 15) is 9.59 Å². The number of hydrogen-bond acceptors (Lipinski definition) is 3. The Hall–Kier alpha value is -2.22. The van der Waals surface area contributed by atoms with E-state index in [0.29, 0.717) is 16.5 Å². The molecule has 0 saturated carbocycles. The number of anilines is 1. The van der Waals surface area contributed by atoms with E-state index in [1.54, 1.807) is 24.3 Å². The molecule has 0 aliphatic carbocycles. The highest BCUT2D eigenvalue weighted by Crippen LogP contribution is 2.15. The number of nitrogens with one attached hydrogen (secondary N) is 2. The maximum absolute atomic E-state index is 12.3. The number of H-pyrrole nitrogens is 1. The minimum absolute atomic E-state index is 0.198. The summed E-state index contributed by atoms with van der Waals surface area (Å²) in [5.41, 5.74) is 0.567. The molecule has 1 heterocycles. The summed E-state index contributed by atoms with van der Waals surface area (Å²) in [7, 11) is 0. The van der Waals surface area contributed by atoms with Gasteiger partial charge in [0, 0.05) is 14.6 Å². The van der Waals surface area contributed by atoms with E-state index in [1.807, 2.05) is 24.3 Å². The number of nitrogens with zero attached hydrogens (tertiary/aromatic N) is 1. The smallest absolute Gasteiger partial charge is 0.276 e. The number of benzene rings is 2. The number of fused-ring (bicyclic) bond motifs is 1. The molecule has 2 N–H and O–H groups in total. The standard InChI is InChI=1S/C15H10IN3O2/c16-9-5-7-10(8-6-9)17-15(21)13-11-3-1-2-4-12(11)14(20)19-18-13/h1-8H,(H,17,21)(H,19,20). The second-order valence-corrected chi connectivity index (χ2v) is 5.65. The molecule has 0 spiro atoms. The average molecular weight is 391 g/mol. The topological polar surface area (TPSA) is 74.8 Å². The van der Waals surface area contributed by atoms with Gasteiger partial charge in [-0.3, -0.25) is 9.59 Å². The maximum atomic E-state index is 12.3. The second-order valence-electron chi connectivity index (χ2n) is 4.41. The van der Waals surface area contributed by atoms with E-state index in [1.165, 1.54) is 0 Å². The minimum Gasteiger partial charge on any atom is -0.321 e. The Balaban J connectivity index is 2.00. The first kappa shape index (κ1) is 13.7. The van der Waals surface area contributed by atoms with Crippen molar-refractivity contribution in [3.8, 4) is 0 Å². The van der Waals surface area contributed by atoms with Gasteiger partial charge in [-0.1, -0.05) is 18.2 Å². The van der Waals surface area contributed by atoms with Crippen LogP contribution in [0.1, 0.15) is 10.5 Å². The molecule has 0 aliphatic rings. The number of aromatic nitrogens is 2. The van der Waals surface area contributed by atoms with Crippen LogP contribution < -0.4 is 10.9 Å². The first-order valence-electron chi connectivity index (χ1n) is 6.19. The molecule has 1 amide bonds. The summed E-state index contributed by atoms with van der Waals surface area (Å²) in [6.07, 6.45) is 0. The Labute approximate surface area is 133 Å². The van der Waals surface area contributed by atoms with Gasteiger partial charge in [-0.25, -0.2) is 5.10 Å². The van der Waals surface area contributed by atoms with Crippen molar-refractivity contribution in [1.29, 1.82) is 0 Å². The van der Waals surface area contributed by atoms with Crippen molar-refractivity contribution in [2.45, 2.75) is 0 Å². The number of halogens is 1. The van der Waals surface area contributed by atoms with Crippen LogP contribution in [0.3, 0.4) is 0 Å². The zero-order valence-electron chi connectivity index (χ0n) is 10.8. The maximum Gasteiger partial charge on any atom is 0.276 e. The van der Waals surface area contributed by atoms with Crippen LogP contribution in [0.15, 0.2) is 53.3 Å². The van der Waals surface area contributed by atoms with Crippen LogP contribution in [0.4, 0.5) is 5.69 Å². The van der Waals surface area contributed by atoms with Crippen LogP contribution in [0.5, 0.6) is 0 Å². The fourth-order valence-corrected chi connectivity index (χ4v) is 2.37. The second kappa shape index (κ2) is 5.65. The summed E-state index contributed by atoms with van der Waals surface area (Å²) in [5.74, 6) is -0.358. The molecular weight excluding hydrogens is 381 g/mol. The van der Waals surface area contributed by atoms with Gasteiger partial charge in [0.2, 0.25) is 0 Å². The number of hydrogen-bond donors (Lipinski definition) is 2. The quantitative estimate of drug-likeness (QED) is 0.660. The van der Waals surface area contributed by atoms with E-state index in [2.05, 4.69) is 38.1 Å². The summed E-state index contributed by atoms with van der Waals surface area (Å²) >= 11 is 2.19. The Morgan fingerprint density at radius 2 is 1.71 bits per heavy atom. The molecule has 0 unspecified atom stereocenters. The van der Waals surface area contributed by atoms with Crippen molar-refractivity contribution < 1.29 is 4.79 Å². The van der Waals surface area contributed by atoms with Crippen LogP contribution >= 0.6 is 22.6 Å². The number of amides is 1. The molecule has 104 valence electrons. The predicted octanol–water partition coefficient (Wildman–Crippen LogP) is 2.78. The van der Waals surface area contributed by atoms with Crippen molar-refractivity contribution in [3.63, 3.8) is 0 Å². The fourth-order valence-electron chi connectivity index (χ4n) is 2.01. The average Bonchev–Trinajstić information content (AvgIpc) is 2.50. The van der Waals surface area contributed by atoms with Crippen molar-refractivity contribution in [1.82, 2.24) is 10.2 Å². The lowest BCUT2D eigenvalue weighted by Crippen LogP contribution is -2.19. The molecule has 3 aromatic rings. The van der Waals surface area contributed by atoms with Crippen molar-refractivity contribution >= 4 is 45.0 Å². The third-order valence-electron chi connectivity index (χ3n) is 3.01. The molecule has 5 nitrogen and oxygen atoms in total. The van der Waals surface area contributed by atoms with Crippen molar-refractivity contribution in [3.05, 3.63) is 68.1 Å². The molecular formula is C15H10IN3O2. The van der Waals surface area contributed by atoms with Crippen LogP contribution in [0.2, 0.25) is 0 Å². The monoisotopic (exact) mass is 391 g/mol. The molecule has 0 bridgehead atoms. The van der Waals surface area contributed by atoms with Crippen LogP contribution in [-0.4, -0.2) is 16.1 Å².